The molecule has 6 nitrogen and oxygen atoms in total. The molecule has 1 aromatic heterocycles. The van der Waals surface area contributed by atoms with Crippen molar-refractivity contribution < 1.29 is 14.3 Å². The molecule has 156 valence electrons. The SMILES string of the molecule is CCN(CC(=O)Nc1ccccc1OC)C(=O)c1ccc2[nH]c3c(c2c1)CCCC3. The maximum atomic E-state index is 13.1. The van der Waals surface area contributed by atoms with Crippen LogP contribution in [-0.4, -0.2) is 41.9 Å². The van der Waals surface area contributed by atoms with Gasteiger partial charge in [-0.1, -0.05) is 12.1 Å². The highest BCUT2D eigenvalue weighted by molar-refractivity contribution is 6.02. The number of hydrogen-bond acceptors (Lipinski definition) is 3. The van der Waals surface area contributed by atoms with Gasteiger partial charge in [-0.2, -0.15) is 0 Å². The molecule has 0 spiro atoms. The second-order valence-electron chi connectivity index (χ2n) is 7.62. The number of aromatic nitrogens is 1. The third-order valence-corrected chi connectivity index (χ3v) is 5.73. The van der Waals surface area contributed by atoms with Crippen LogP contribution in [0.15, 0.2) is 42.5 Å². The molecule has 2 N–H and O–H groups in total. The summed E-state index contributed by atoms with van der Waals surface area (Å²) in [7, 11) is 1.56. The lowest BCUT2D eigenvalue weighted by Gasteiger charge is -2.21. The first-order chi connectivity index (χ1) is 14.6. The minimum Gasteiger partial charge on any atom is -0.495 e. The van der Waals surface area contributed by atoms with E-state index in [1.165, 1.54) is 24.1 Å². The van der Waals surface area contributed by atoms with Crippen molar-refractivity contribution in [3.05, 3.63) is 59.3 Å². The van der Waals surface area contributed by atoms with Crippen LogP contribution in [0.3, 0.4) is 0 Å². The van der Waals surface area contributed by atoms with Crippen LogP contribution < -0.4 is 10.1 Å². The number of amides is 2. The average molecular weight is 405 g/mol. The molecular weight excluding hydrogens is 378 g/mol. The number of ether oxygens (including phenoxy) is 1. The van der Waals surface area contributed by atoms with Crippen molar-refractivity contribution in [3.63, 3.8) is 0 Å². The predicted octanol–water partition coefficient (Wildman–Crippen LogP) is 4.16. The van der Waals surface area contributed by atoms with E-state index in [4.69, 9.17) is 4.74 Å². The number of nitrogens with zero attached hydrogens (tertiary/aromatic N) is 1. The summed E-state index contributed by atoms with van der Waals surface area (Å²) in [6.45, 7) is 2.31. The lowest BCUT2D eigenvalue weighted by Crippen LogP contribution is -2.37. The van der Waals surface area contributed by atoms with Gasteiger partial charge in [0.2, 0.25) is 5.91 Å². The van der Waals surface area contributed by atoms with Crippen molar-refractivity contribution in [1.82, 2.24) is 9.88 Å². The third kappa shape index (κ3) is 3.90. The standard InChI is InChI=1S/C24H27N3O3/c1-3-27(15-23(28)26-21-10-6-7-11-22(21)30-2)24(29)16-12-13-20-18(14-16)17-8-4-5-9-19(17)25-20/h6-7,10-14,25H,3-5,8-9,15H2,1-2H3,(H,26,28). The van der Waals surface area contributed by atoms with Crippen LogP contribution in [0.25, 0.3) is 10.9 Å². The first kappa shape index (κ1) is 20.0. The van der Waals surface area contributed by atoms with Gasteiger partial charge >= 0.3 is 0 Å². The zero-order chi connectivity index (χ0) is 21.1. The van der Waals surface area contributed by atoms with Crippen molar-refractivity contribution in [1.29, 1.82) is 0 Å². The smallest absolute Gasteiger partial charge is 0.254 e. The van der Waals surface area contributed by atoms with Gasteiger partial charge in [0.05, 0.1) is 12.8 Å². The Morgan fingerprint density at radius 1 is 1.13 bits per heavy atom. The summed E-state index contributed by atoms with van der Waals surface area (Å²) in [5.41, 5.74) is 4.92. The number of aromatic amines is 1. The molecule has 1 aliphatic rings. The number of fused-ring (bicyclic) bond motifs is 3. The molecule has 1 heterocycles. The Hall–Kier alpha value is -3.28. The fourth-order valence-corrected chi connectivity index (χ4v) is 4.16. The van der Waals surface area contributed by atoms with E-state index in [2.05, 4.69) is 10.3 Å². The minimum atomic E-state index is -0.255. The Morgan fingerprint density at radius 3 is 2.73 bits per heavy atom. The molecule has 0 aliphatic heterocycles. The monoisotopic (exact) mass is 405 g/mol. The molecule has 0 saturated heterocycles. The van der Waals surface area contributed by atoms with E-state index in [1.54, 1.807) is 24.1 Å². The van der Waals surface area contributed by atoms with Gasteiger partial charge in [-0.15, -0.1) is 0 Å². The molecule has 3 aromatic rings. The predicted molar refractivity (Wildman–Crippen MR) is 118 cm³/mol. The number of carbonyl (C=O) groups excluding carboxylic acids is 2. The molecule has 6 heteroatoms. The maximum Gasteiger partial charge on any atom is 0.254 e. The van der Waals surface area contributed by atoms with Crippen LogP contribution in [0, 0.1) is 0 Å². The number of benzene rings is 2. The molecule has 30 heavy (non-hydrogen) atoms. The van der Waals surface area contributed by atoms with E-state index < -0.39 is 0 Å². The number of nitrogens with one attached hydrogen (secondary N) is 2. The number of methoxy groups -OCH3 is 1. The summed E-state index contributed by atoms with van der Waals surface area (Å²) in [4.78, 5) is 30.8. The first-order valence-corrected chi connectivity index (χ1v) is 10.5. The Labute approximate surface area is 176 Å². The molecule has 0 unspecified atom stereocenters. The number of hydrogen-bond donors (Lipinski definition) is 2. The quantitative estimate of drug-likeness (QED) is 0.647. The van der Waals surface area contributed by atoms with Crippen molar-refractivity contribution in [2.45, 2.75) is 32.6 Å². The van der Waals surface area contributed by atoms with Gasteiger partial charge in [-0.25, -0.2) is 0 Å². The summed E-state index contributed by atoms with van der Waals surface area (Å²) in [5, 5.41) is 3.97. The van der Waals surface area contributed by atoms with E-state index in [9.17, 15) is 9.59 Å². The number of anilines is 1. The Morgan fingerprint density at radius 2 is 1.93 bits per heavy atom. The van der Waals surface area contributed by atoms with Gasteiger partial charge in [0.1, 0.15) is 12.3 Å². The van der Waals surface area contributed by atoms with E-state index in [-0.39, 0.29) is 18.4 Å². The van der Waals surface area contributed by atoms with Crippen LogP contribution in [0.1, 0.15) is 41.4 Å². The molecule has 0 radical (unpaired) electrons. The van der Waals surface area contributed by atoms with Crippen molar-refractivity contribution in [2.75, 3.05) is 25.5 Å². The van der Waals surface area contributed by atoms with Crippen molar-refractivity contribution in [3.8, 4) is 5.75 Å². The van der Waals surface area contributed by atoms with Crippen LogP contribution in [-0.2, 0) is 17.6 Å². The summed E-state index contributed by atoms with van der Waals surface area (Å²) in [6.07, 6.45) is 4.50. The molecule has 2 amide bonds. The van der Waals surface area contributed by atoms with Crippen molar-refractivity contribution in [2.24, 2.45) is 0 Å². The second kappa shape index (κ2) is 8.61. The lowest BCUT2D eigenvalue weighted by molar-refractivity contribution is -0.116. The molecule has 0 bridgehead atoms. The number of para-hydroxylation sites is 2. The number of carbonyl (C=O) groups is 2. The Balaban J connectivity index is 1.51. The van der Waals surface area contributed by atoms with Crippen molar-refractivity contribution >= 4 is 28.4 Å². The maximum absolute atomic E-state index is 13.1. The van der Waals surface area contributed by atoms with E-state index in [0.29, 0.717) is 23.5 Å². The Kier molecular flexibility index (Phi) is 5.74. The Bertz CT molecular complexity index is 1090. The van der Waals surface area contributed by atoms with E-state index in [1.807, 2.05) is 37.3 Å². The average Bonchev–Trinajstić information content (AvgIpc) is 3.15. The van der Waals surface area contributed by atoms with E-state index >= 15 is 0 Å². The molecular formula is C24H27N3O3. The van der Waals surface area contributed by atoms with Crippen LogP contribution >= 0.6 is 0 Å². The highest BCUT2D eigenvalue weighted by Crippen LogP contribution is 2.30. The fraction of sp³-hybridized carbons (Fsp3) is 0.333. The molecule has 4 rings (SSSR count). The summed E-state index contributed by atoms with van der Waals surface area (Å²) in [6, 6.07) is 13.0. The van der Waals surface area contributed by atoms with Gasteiger partial charge in [0.25, 0.3) is 5.91 Å². The zero-order valence-electron chi connectivity index (χ0n) is 17.5. The number of H-pyrrole nitrogens is 1. The molecule has 2 aromatic carbocycles. The number of rotatable bonds is 6. The topological polar surface area (TPSA) is 74.4 Å². The van der Waals surface area contributed by atoms with Crippen LogP contribution in [0.2, 0.25) is 0 Å². The highest BCUT2D eigenvalue weighted by atomic mass is 16.5. The molecule has 0 saturated carbocycles. The molecule has 0 fully saturated rings. The highest BCUT2D eigenvalue weighted by Gasteiger charge is 2.21. The third-order valence-electron chi connectivity index (χ3n) is 5.73. The summed E-state index contributed by atoms with van der Waals surface area (Å²) >= 11 is 0. The van der Waals surface area contributed by atoms with Crippen LogP contribution in [0.4, 0.5) is 5.69 Å². The normalized spacial score (nSPS) is 13.0. The lowest BCUT2D eigenvalue weighted by atomic mass is 9.95. The molecule has 0 atom stereocenters. The fourth-order valence-electron chi connectivity index (χ4n) is 4.16. The number of likely N-dealkylation sites (N-methyl/N-ethyl adjacent to an activating group) is 1. The van der Waals surface area contributed by atoms with Gasteiger partial charge < -0.3 is 19.9 Å². The molecule has 1 aliphatic carbocycles. The largest absolute Gasteiger partial charge is 0.495 e. The number of aryl methyl sites for hydroxylation is 2. The second-order valence-corrected chi connectivity index (χ2v) is 7.62. The minimum absolute atomic E-state index is 0.0172. The van der Waals surface area contributed by atoms with Gasteiger partial charge in [0.15, 0.2) is 0 Å². The first-order valence-electron chi connectivity index (χ1n) is 10.5. The summed E-state index contributed by atoms with van der Waals surface area (Å²) in [5.74, 6) is 0.193. The van der Waals surface area contributed by atoms with Gasteiger partial charge in [-0.05, 0) is 68.5 Å². The van der Waals surface area contributed by atoms with Crippen LogP contribution in [0.5, 0.6) is 5.75 Å². The zero-order valence-corrected chi connectivity index (χ0v) is 17.5. The van der Waals surface area contributed by atoms with E-state index in [0.717, 1.165) is 23.7 Å². The van der Waals surface area contributed by atoms with Gasteiger partial charge in [-0.3, -0.25) is 9.59 Å². The van der Waals surface area contributed by atoms with Gasteiger partial charge in [0, 0.05) is 28.7 Å². The summed E-state index contributed by atoms with van der Waals surface area (Å²) < 4.78 is 5.27.